The van der Waals surface area contributed by atoms with Gasteiger partial charge < -0.3 is 14.2 Å². The fourth-order valence-corrected chi connectivity index (χ4v) is 4.02. The van der Waals surface area contributed by atoms with Gasteiger partial charge in [0.05, 0.1) is 12.8 Å². The van der Waals surface area contributed by atoms with Crippen LogP contribution in [0.1, 0.15) is 59.4 Å². The maximum absolute atomic E-state index is 13.2. The van der Waals surface area contributed by atoms with Gasteiger partial charge >= 0.3 is 18.2 Å². The number of anilines is 1. The van der Waals surface area contributed by atoms with Gasteiger partial charge in [-0.15, -0.1) is 0 Å². The number of fused-ring (bicyclic) bond motifs is 3. The van der Waals surface area contributed by atoms with E-state index >= 15 is 0 Å². The molecule has 0 aromatic heterocycles. The van der Waals surface area contributed by atoms with Crippen molar-refractivity contribution in [3.05, 3.63) is 29.8 Å². The predicted molar refractivity (Wildman–Crippen MR) is 110 cm³/mol. The Bertz CT molecular complexity index is 854. The van der Waals surface area contributed by atoms with Crippen LogP contribution in [0.25, 0.3) is 0 Å². The number of hydrogen-bond donors (Lipinski definition) is 0. The minimum atomic E-state index is -0.863. The molecule has 2 aliphatic heterocycles. The Morgan fingerprint density at radius 3 is 2.07 bits per heavy atom. The van der Waals surface area contributed by atoms with Crippen LogP contribution in [-0.2, 0) is 19.0 Å². The molecule has 3 atom stereocenters. The van der Waals surface area contributed by atoms with Crippen molar-refractivity contribution in [3.8, 4) is 0 Å². The molecule has 0 bridgehead atoms. The first-order chi connectivity index (χ1) is 13.8. The summed E-state index contributed by atoms with van der Waals surface area (Å²) >= 11 is 0. The van der Waals surface area contributed by atoms with Gasteiger partial charge in [0.1, 0.15) is 23.4 Å². The molecule has 30 heavy (non-hydrogen) atoms. The number of carbonyl (C=O) groups excluding carboxylic acids is 3. The second kappa shape index (κ2) is 7.49. The normalized spacial score (nSPS) is 23.0. The van der Waals surface area contributed by atoms with E-state index in [9.17, 15) is 14.4 Å². The SMILES string of the molecule is COC(=O)[C@H]1C[C@H]2c3ccccc3N(C(=O)OC(C)(C)C)[C@H]2N1C(=O)OC(C)(C)C. The van der Waals surface area contributed by atoms with Crippen molar-refractivity contribution >= 4 is 23.8 Å². The number of benzene rings is 1. The van der Waals surface area contributed by atoms with Gasteiger partial charge in [-0.25, -0.2) is 14.4 Å². The first kappa shape index (κ1) is 21.9. The summed E-state index contributed by atoms with van der Waals surface area (Å²) in [4.78, 5) is 41.6. The van der Waals surface area contributed by atoms with Crippen molar-refractivity contribution in [2.24, 2.45) is 0 Å². The van der Waals surface area contributed by atoms with Crippen LogP contribution >= 0.6 is 0 Å². The average molecular weight is 418 g/mol. The summed E-state index contributed by atoms with van der Waals surface area (Å²) in [5, 5.41) is 0. The minimum absolute atomic E-state index is 0.259. The molecule has 0 radical (unpaired) electrons. The second-order valence-corrected chi connectivity index (χ2v) is 9.59. The average Bonchev–Trinajstić information content (AvgIpc) is 3.12. The van der Waals surface area contributed by atoms with E-state index in [-0.39, 0.29) is 5.92 Å². The number of methoxy groups -OCH3 is 1. The zero-order chi connectivity index (χ0) is 22.4. The fourth-order valence-electron chi connectivity index (χ4n) is 4.02. The Labute approximate surface area is 177 Å². The predicted octanol–water partition coefficient (Wildman–Crippen LogP) is 4.03. The van der Waals surface area contributed by atoms with E-state index in [0.29, 0.717) is 12.1 Å². The number of esters is 1. The summed E-state index contributed by atoms with van der Waals surface area (Å²) in [6.07, 6.45) is -1.67. The van der Waals surface area contributed by atoms with Crippen LogP contribution in [0.4, 0.5) is 15.3 Å². The summed E-state index contributed by atoms with van der Waals surface area (Å²) in [5.74, 6) is -0.804. The zero-order valence-electron chi connectivity index (χ0n) is 18.6. The molecule has 0 aliphatic carbocycles. The van der Waals surface area contributed by atoms with Crippen LogP contribution in [0, 0.1) is 0 Å². The summed E-state index contributed by atoms with van der Waals surface area (Å²) in [5.41, 5.74) is 0.0613. The van der Waals surface area contributed by atoms with Crippen molar-refractivity contribution in [3.63, 3.8) is 0 Å². The van der Waals surface area contributed by atoms with Crippen LogP contribution < -0.4 is 4.90 Å². The van der Waals surface area contributed by atoms with Crippen molar-refractivity contribution in [2.75, 3.05) is 12.0 Å². The zero-order valence-corrected chi connectivity index (χ0v) is 18.6. The molecule has 1 fully saturated rings. The number of nitrogens with zero attached hydrogens (tertiary/aromatic N) is 2. The van der Waals surface area contributed by atoms with E-state index in [1.807, 2.05) is 24.3 Å². The molecule has 0 spiro atoms. The van der Waals surface area contributed by atoms with Crippen molar-refractivity contribution < 1.29 is 28.6 Å². The molecule has 0 unspecified atom stereocenters. The lowest BCUT2D eigenvalue weighted by Crippen LogP contribution is -2.55. The lowest BCUT2D eigenvalue weighted by Gasteiger charge is -2.36. The topological polar surface area (TPSA) is 85.4 Å². The number of amides is 2. The first-order valence-electron chi connectivity index (χ1n) is 10.0. The van der Waals surface area contributed by atoms with Gasteiger partial charge in [-0.05, 0) is 59.6 Å². The lowest BCUT2D eigenvalue weighted by molar-refractivity contribution is -0.146. The molecule has 0 N–H and O–H groups in total. The standard InChI is InChI=1S/C22H30N2O6/c1-21(2,3)29-19(26)23-15-11-9-8-10-13(15)14-12-16(18(25)28-7)24(17(14)23)20(27)30-22(4,5)6/h8-11,14,16-17H,12H2,1-7H3/t14-,16+,17-/m0/s1. The second-order valence-electron chi connectivity index (χ2n) is 9.59. The van der Waals surface area contributed by atoms with Crippen LogP contribution in [-0.4, -0.2) is 53.6 Å². The Morgan fingerprint density at radius 2 is 1.50 bits per heavy atom. The fraction of sp³-hybridized carbons (Fsp3) is 0.591. The number of carbonyl (C=O) groups is 3. The summed E-state index contributed by atoms with van der Waals surface area (Å²) < 4.78 is 16.2. The van der Waals surface area contributed by atoms with Crippen LogP contribution in [0.5, 0.6) is 0 Å². The van der Waals surface area contributed by atoms with E-state index in [1.165, 1.54) is 16.9 Å². The Hall–Kier alpha value is -2.77. The third kappa shape index (κ3) is 4.08. The van der Waals surface area contributed by atoms with Gasteiger partial charge in [0, 0.05) is 5.92 Å². The van der Waals surface area contributed by atoms with E-state index in [0.717, 1.165) is 5.56 Å². The largest absolute Gasteiger partial charge is 0.467 e. The highest BCUT2D eigenvalue weighted by Gasteiger charge is 2.57. The van der Waals surface area contributed by atoms with E-state index in [2.05, 4.69) is 0 Å². The van der Waals surface area contributed by atoms with Gasteiger partial charge in [-0.1, -0.05) is 18.2 Å². The first-order valence-corrected chi connectivity index (χ1v) is 10.0. The highest BCUT2D eigenvalue weighted by atomic mass is 16.6. The molecule has 1 aromatic carbocycles. The maximum Gasteiger partial charge on any atom is 0.416 e. The van der Waals surface area contributed by atoms with Gasteiger partial charge in [-0.2, -0.15) is 0 Å². The monoisotopic (exact) mass is 418 g/mol. The van der Waals surface area contributed by atoms with Crippen molar-refractivity contribution in [1.29, 1.82) is 0 Å². The maximum atomic E-state index is 13.2. The number of ether oxygens (including phenoxy) is 3. The van der Waals surface area contributed by atoms with Crippen molar-refractivity contribution in [1.82, 2.24) is 4.90 Å². The Kier molecular flexibility index (Phi) is 5.47. The third-order valence-corrected chi connectivity index (χ3v) is 4.99. The molecule has 8 nitrogen and oxygen atoms in total. The molecule has 164 valence electrons. The van der Waals surface area contributed by atoms with E-state index in [1.54, 1.807) is 41.5 Å². The van der Waals surface area contributed by atoms with Crippen LogP contribution in [0.2, 0.25) is 0 Å². The number of rotatable bonds is 1. The molecule has 0 saturated carbocycles. The summed E-state index contributed by atoms with van der Waals surface area (Å²) in [6.45, 7) is 10.6. The van der Waals surface area contributed by atoms with Crippen LogP contribution in [0.15, 0.2) is 24.3 Å². The molecule has 2 amide bonds. The molecule has 3 rings (SSSR count). The number of likely N-dealkylation sites (tertiary alicyclic amines) is 1. The Balaban J connectivity index is 2.08. The molecular weight excluding hydrogens is 388 g/mol. The third-order valence-electron chi connectivity index (χ3n) is 4.99. The minimum Gasteiger partial charge on any atom is -0.467 e. The van der Waals surface area contributed by atoms with Crippen LogP contribution in [0.3, 0.4) is 0 Å². The molecule has 8 heteroatoms. The molecule has 1 aromatic rings. The molecule has 1 saturated heterocycles. The molecular formula is C22H30N2O6. The quantitative estimate of drug-likeness (QED) is 0.506. The smallest absolute Gasteiger partial charge is 0.416 e. The van der Waals surface area contributed by atoms with E-state index in [4.69, 9.17) is 14.2 Å². The van der Waals surface area contributed by atoms with Gasteiger partial charge in [0.25, 0.3) is 0 Å². The van der Waals surface area contributed by atoms with E-state index < -0.39 is 41.6 Å². The highest BCUT2D eigenvalue weighted by molar-refractivity contribution is 5.94. The number of hydrogen-bond acceptors (Lipinski definition) is 6. The molecule has 2 aliphatic rings. The molecule has 2 heterocycles. The summed E-state index contributed by atoms with van der Waals surface area (Å²) in [7, 11) is 1.28. The van der Waals surface area contributed by atoms with Gasteiger partial charge in [0.2, 0.25) is 0 Å². The van der Waals surface area contributed by atoms with Gasteiger partial charge in [0.15, 0.2) is 0 Å². The number of para-hydroxylation sites is 1. The summed E-state index contributed by atoms with van der Waals surface area (Å²) in [6, 6.07) is 6.56. The lowest BCUT2D eigenvalue weighted by atomic mass is 9.96. The highest BCUT2D eigenvalue weighted by Crippen LogP contribution is 2.50. The Morgan fingerprint density at radius 1 is 0.933 bits per heavy atom. The van der Waals surface area contributed by atoms with Gasteiger partial charge in [-0.3, -0.25) is 9.80 Å². The van der Waals surface area contributed by atoms with Crippen molar-refractivity contribution in [2.45, 2.75) is 77.3 Å².